The van der Waals surface area contributed by atoms with Crippen LogP contribution in [-0.2, 0) is 0 Å². The number of para-hydroxylation sites is 3. The van der Waals surface area contributed by atoms with Gasteiger partial charge in [0, 0.05) is 49.5 Å². The summed E-state index contributed by atoms with van der Waals surface area (Å²) in [5.41, 5.74) is 12.6. The van der Waals surface area contributed by atoms with Gasteiger partial charge in [-0.1, -0.05) is 158 Å². The smallest absolute Gasteiger partial charge is 0.164 e. The van der Waals surface area contributed by atoms with Crippen molar-refractivity contribution in [2.24, 2.45) is 0 Å². The summed E-state index contributed by atoms with van der Waals surface area (Å²) < 4.78 is 8.90. The van der Waals surface area contributed by atoms with E-state index in [0.717, 1.165) is 88.6 Å². The third-order valence-electron chi connectivity index (χ3n) is 11.4. The molecule has 0 aliphatic rings. The van der Waals surface area contributed by atoms with E-state index in [0.29, 0.717) is 17.5 Å². The highest BCUT2D eigenvalue weighted by atomic mass is 16.3. The first-order valence-corrected chi connectivity index (χ1v) is 20.1. The monoisotopic (exact) mass is 767 g/mol. The van der Waals surface area contributed by atoms with Gasteiger partial charge in [-0.25, -0.2) is 19.9 Å². The molecule has 0 aliphatic heterocycles. The molecular formula is C54H33N5O. The number of furan rings is 1. The van der Waals surface area contributed by atoms with Crippen molar-refractivity contribution in [2.75, 3.05) is 0 Å². The van der Waals surface area contributed by atoms with Gasteiger partial charge in [-0.15, -0.1) is 0 Å². The van der Waals surface area contributed by atoms with Gasteiger partial charge in [0.15, 0.2) is 17.5 Å². The molecule has 0 amide bonds. The molecule has 0 aliphatic carbocycles. The van der Waals surface area contributed by atoms with Crippen molar-refractivity contribution in [3.63, 3.8) is 0 Å². The lowest BCUT2D eigenvalue weighted by molar-refractivity contribution is 0.672. The number of hydrogen-bond acceptors (Lipinski definition) is 5. The Kier molecular flexibility index (Phi) is 7.74. The predicted molar refractivity (Wildman–Crippen MR) is 244 cm³/mol. The van der Waals surface area contributed by atoms with Crippen LogP contribution >= 0.6 is 0 Å². The van der Waals surface area contributed by atoms with E-state index in [9.17, 15) is 0 Å². The van der Waals surface area contributed by atoms with Crippen LogP contribution in [0.5, 0.6) is 0 Å². The van der Waals surface area contributed by atoms with Gasteiger partial charge < -0.3 is 8.98 Å². The first-order chi connectivity index (χ1) is 29.7. The van der Waals surface area contributed by atoms with Gasteiger partial charge >= 0.3 is 0 Å². The molecule has 0 fully saturated rings. The van der Waals surface area contributed by atoms with E-state index in [1.54, 1.807) is 0 Å². The second-order valence-electron chi connectivity index (χ2n) is 15.0. The zero-order valence-electron chi connectivity index (χ0n) is 32.2. The second kappa shape index (κ2) is 13.7. The van der Waals surface area contributed by atoms with Gasteiger partial charge in [0.1, 0.15) is 11.2 Å². The zero-order chi connectivity index (χ0) is 39.6. The van der Waals surface area contributed by atoms with Gasteiger partial charge in [0.25, 0.3) is 0 Å². The standard InChI is InChI=1S/C54H33N5O/c1-3-14-34(15-4-1)38-30-31-43-45(33-38)55-50(49-44-22-9-12-25-48(44)60-51(43)49)35-26-28-37(29-27-35)53-56-52(36-16-5-2-6-17-36)57-54(58-53)39-18-13-19-40(32-39)59-46-23-10-7-20-41(46)42-21-8-11-24-47(42)59/h1-33H. The van der Waals surface area contributed by atoms with Gasteiger partial charge in [-0.2, -0.15) is 0 Å². The lowest BCUT2D eigenvalue weighted by Gasteiger charge is -2.12. The number of benzene rings is 8. The van der Waals surface area contributed by atoms with Crippen molar-refractivity contribution < 1.29 is 4.42 Å². The molecule has 0 atom stereocenters. The molecule has 0 bridgehead atoms. The van der Waals surface area contributed by atoms with Gasteiger partial charge in [0.2, 0.25) is 0 Å². The van der Waals surface area contributed by atoms with Crippen LogP contribution in [0.1, 0.15) is 0 Å². The van der Waals surface area contributed by atoms with Crippen LogP contribution in [0.4, 0.5) is 0 Å². The first kappa shape index (κ1) is 33.9. The van der Waals surface area contributed by atoms with Crippen LogP contribution in [0.2, 0.25) is 0 Å². The Morgan fingerprint density at radius 2 is 0.883 bits per heavy atom. The van der Waals surface area contributed by atoms with Crippen molar-refractivity contribution >= 4 is 54.6 Å². The maximum atomic E-state index is 6.58. The summed E-state index contributed by atoms with van der Waals surface area (Å²) in [7, 11) is 0. The zero-order valence-corrected chi connectivity index (χ0v) is 32.2. The molecular weight excluding hydrogens is 735 g/mol. The molecule has 0 radical (unpaired) electrons. The van der Waals surface area contributed by atoms with Crippen molar-refractivity contribution in [1.82, 2.24) is 24.5 Å². The molecule has 0 unspecified atom stereocenters. The topological polar surface area (TPSA) is 69.6 Å². The Balaban J connectivity index is 0.995. The lowest BCUT2D eigenvalue weighted by Crippen LogP contribution is -2.01. The van der Waals surface area contributed by atoms with Crippen molar-refractivity contribution in [3.8, 4) is 62.2 Å². The highest BCUT2D eigenvalue weighted by molar-refractivity contribution is 6.19. The molecule has 0 saturated carbocycles. The molecule has 0 saturated heterocycles. The Hall–Kier alpha value is -8.22. The number of aromatic nitrogens is 5. The van der Waals surface area contributed by atoms with E-state index in [2.05, 4.69) is 150 Å². The maximum absolute atomic E-state index is 6.58. The highest BCUT2D eigenvalue weighted by Crippen LogP contribution is 2.41. The third kappa shape index (κ3) is 5.57. The highest BCUT2D eigenvalue weighted by Gasteiger charge is 2.20. The SMILES string of the molecule is c1ccc(-c2ccc3c(c2)nc(-c2ccc(-c4nc(-c5ccccc5)nc(-c5cccc(-n6c7ccccc7c7ccccc76)c5)n4)cc2)c2c4ccccc4oc32)cc1. The summed E-state index contributed by atoms with van der Waals surface area (Å²) in [6.45, 7) is 0. The van der Waals surface area contributed by atoms with Gasteiger partial charge in [0.05, 0.1) is 27.6 Å². The largest absolute Gasteiger partial charge is 0.455 e. The number of pyridine rings is 1. The minimum absolute atomic E-state index is 0.588. The predicted octanol–water partition coefficient (Wildman–Crippen LogP) is 13.8. The second-order valence-corrected chi connectivity index (χ2v) is 15.0. The molecule has 60 heavy (non-hydrogen) atoms. The molecule has 0 N–H and O–H groups in total. The van der Waals surface area contributed by atoms with Crippen molar-refractivity contribution in [1.29, 1.82) is 0 Å². The molecule has 0 spiro atoms. The molecule has 12 rings (SSSR count). The fourth-order valence-corrected chi connectivity index (χ4v) is 8.59. The molecule has 4 aromatic heterocycles. The van der Waals surface area contributed by atoms with Crippen LogP contribution in [0.25, 0.3) is 117 Å². The van der Waals surface area contributed by atoms with Crippen LogP contribution < -0.4 is 0 Å². The molecule has 6 heteroatoms. The minimum Gasteiger partial charge on any atom is -0.455 e. The Morgan fingerprint density at radius 1 is 0.350 bits per heavy atom. The van der Waals surface area contributed by atoms with Crippen LogP contribution in [0.15, 0.2) is 205 Å². The summed E-state index contributed by atoms with van der Waals surface area (Å²) in [6, 6.07) is 69.1. The van der Waals surface area contributed by atoms with E-state index in [4.69, 9.17) is 24.4 Å². The van der Waals surface area contributed by atoms with Crippen molar-refractivity contribution in [2.45, 2.75) is 0 Å². The Morgan fingerprint density at radius 3 is 1.58 bits per heavy atom. The molecule has 6 nitrogen and oxygen atoms in total. The van der Waals surface area contributed by atoms with Crippen LogP contribution in [-0.4, -0.2) is 24.5 Å². The number of nitrogens with zero attached hydrogens (tertiary/aromatic N) is 5. The summed E-state index contributed by atoms with van der Waals surface area (Å²) in [4.78, 5) is 20.6. The van der Waals surface area contributed by atoms with E-state index in [1.807, 2.05) is 54.6 Å². The fraction of sp³-hybridized carbons (Fsp3) is 0. The lowest BCUT2D eigenvalue weighted by atomic mass is 9.99. The van der Waals surface area contributed by atoms with E-state index < -0.39 is 0 Å². The van der Waals surface area contributed by atoms with Gasteiger partial charge in [-0.05, 0) is 53.6 Å². The maximum Gasteiger partial charge on any atom is 0.164 e. The summed E-state index contributed by atoms with van der Waals surface area (Å²) >= 11 is 0. The molecule has 4 heterocycles. The average molecular weight is 768 g/mol. The van der Waals surface area contributed by atoms with Crippen LogP contribution in [0.3, 0.4) is 0 Å². The summed E-state index contributed by atoms with van der Waals surface area (Å²) in [5, 5.41) is 5.44. The number of rotatable bonds is 6. The van der Waals surface area contributed by atoms with Gasteiger partial charge in [-0.3, -0.25) is 0 Å². The quantitative estimate of drug-likeness (QED) is 0.168. The van der Waals surface area contributed by atoms with E-state index >= 15 is 0 Å². The number of hydrogen-bond donors (Lipinski definition) is 0. The normalized spacial score (nSPS) is 11.7. The van der Waals surface area contributed by atoms with Crippen molar-refractivity contribution in [3.05, 3.63) is 200 Å². The first-order valence-electron chi connectivity index (χ1n) is 20.1. The minimum atomic E-state index is 0.588. The van der Waals surface area contributed by atoms with E-state index in [1.165, 1.54) is 10.8 Å². The summed E-state index contributed by atoms with van der Waals surface area (Å²) in [6.07, 6.45) is 0. The molecule has 280 valence electrons. The average Bonchev–Trinajstić information content (AvgIpc) is 3.88. The Labute approximate surface area is 344 Å². The van der Waals surface area contributed by atoms with E-state index in [-0.39, 0.29) is 0 Å². The molecule has 12 aromatic rings. The van der Waals surface area contributed by atoms with Crippen LogP contribution in [0, 0.1) is 0 Å². The third-order valence-corrected chi connectivity index (χ3v) is 11.4. The number of fused-ring (bicyclic) bond motifs is 8. The fourth-order valence-electron chi connectivity index (χ4n) is 8.59. The summed E-state index contributed by atoms with van der Waals surface area (Å²) in [5.74, 6) is 1.80. The molecule has 8 aromatic carbocycles. The Bertz CT molecular complexity index is 3540.